The monoisotopic (exact) mass is 355 g/mol. The molecule has 0 aliphatic heterocycles. The Morgan fingerprint density at radius 2 is 2.08 bits per heavy atom. The highest BCUT2D eigenvalue weighted by atomic mass is 35.5. The average molecular weight is 356 g/mol. The molecule has 5 heteroatoms. The highest BCUT2D eigenvalue weighted by molar-refractivity contribution is 6.31. The van der Waals surface area contributed by atoms with Crippen LogP contribution in [0.5, 0.6) is 0 Å². The maximum Gasteiger partial charge on any atom is 0.340 e. The number of nitrogens with zero attached hydrogens (tertiary/aromatic N) is 1. The molecule has 0 atom stereocenters. The van der Waals surface area contributed by atoms with Crippen molar-refractivity contribution in [2.75, 3.05) is 6.61 Å². The molecule has 0 saturated carbocycles. The number of aromatic nitrogens is 1. The molecule has 0 bridgehead atoms. The van der Waals surface area contributed by atoms with Crippen molar-refractivity contribution >= 4 is 28.5 Å². The minimum Gasteiger partial charge on any atom is -0.458 e. The van der Waals surface area contributed by atoms with Crippen molar-refractivity contribution in [2.45, 2.75) is 6.92 Å². The molecule has 25 heavy (non-hydrogen) atoms. The Morgan fingerprint density at radius 1 is 1.32 bits per heavy atom. The molecule has 0 amide bonds. The fourth-order valence-electron chi connectivity index (χ4n) is 2.76. The summed E-state index contributed by atoms with van der Waals surface area (Å²) in [5.41, 5.74) is 2.03. The second kappa shape index (κ2) is 7.03. The lowest BCUT2D eigenvalue weighted by Crippen LogP contribution is -2.11. The Balaban J connectivity index is 2.39. The predicted molar refractivity (Wildman–Crippen MR) is 97.4 cm³/mol. The molecule has 3 aromatic rings. The third kappa shape index (κ3) is 3.26. The number of ether oxygens (including phenoxy) is 1. The lowest BCUT2D eigenvalue weighted by Gasteiger charge is -2.15. The lowest BCUT2D eigenvalue weighted by molar-refractivity contribution is 0.0549. The molecule has 1 aromatic heterocycles. The van der Waals surface area contributed by atoms with Crippen LogP contribution in [0.1, 0.15) is 16.1 Å². The first-order valence-electron chi connectivity index (χ1n) is 7.65. The van der Waals surface area contributed by atoms with Crippen molar-refractivity contribution in [2.24, 2.45) is 0 Å². The molecule has 0 fully saturated rings. The van der Waals surface area contributed by atoms with Crippen LogP contribution < -0.4 is 0 Å². The molecule has 1 heterocycles. The second-order valence-electron chi connectivity index (χ2n) is 5.48. The summed E-state index contributed by atoms with van der Waals surface area (Å²) in [6.07, 6.45) is 1.47. The molecular weight excluding hydrogens is 341 g/mol. The number of rotatable bonds is 4. The van der Waals surface area contributed by atoms with Gasteiger partial charge in [0, 0.05) is 21.5 Å². The van der Waals surface area contributed by atoms with E-state index in [1.54, 1.807) is 43.3 Å². The third-order valence-corrected chi connectivity index (χ3v) is 4.04. The molecule has 0 aliphatic carbocycles. The zero-order valence-corrected chi connectivity index (χ0v) is 14.3. The van der Waals surface area contributed by atoms with Crippen LogP contribution in [-0.2, 0) is 4.74 Å². The van der Waals surface area contributed by atoms with Crippen molar-refractivity contribution in [3.8, 4) is 11.1 Å². The van der Waals surface area contributed by atoms with Gasteiger partial charge in [0.1, 0.15) is 12.4 Å². The summed E-state index contributed by atoms with van der Waals surface area (Å²) < 4.78 is 19.7. The first-order chi connectivity index (χ1) is 12.0. The number of hydrogen-bond donors (Lipinski definition) is 0. The molecule has 0 radical (unpaired) electrons. The number of carbonyl (C=O) groups excluding carboxylic acids is 1. The number of hydrogen-bond acceptors (Lipinski definition) is 3. The van der Waals surface area contributed by atoms with Crippen LogP contribution in [0.2, 0.25) is 5.02 Å². The predicted octanol–water partition coefficient (Wildman–Crippen LogP) is 5.35. The average Bonchev–Trinajstić information content (AvgIpc) is 2.59. The van der Waals surface area contributed by atoms with Crippen LogP contribution >= 0.6 is 11.6 Å². The summed E-state index contributed by atoms with van der Waals surface area (Å²) in [5.74, 6) is -1.02. The maximum absolute atomic E-state index is 14.5. The van der Waals surface area contributed by atoms with Gasteiger partial charge in [-0.25, -0.2) is 9.18 Å². The molecule has 3 nitrogen and oxygen atoms in total. The standard InChI is InChI=1S/C20H15ClFNO2/c1-3-10-25-20(24)18-12(2)23-17-9-8-13(21)11-15(17)19(18)14-6-4-5-7-16(14)22/h3-9,11H,1,10H2,2H3. The molecule has 0 spiro atoms. The summed E-state index contributed by atoms with van der Waals surface area (Å²) in [5, 5.41) is 1.06. The van der Waals surface area contributed by atoms with Gasteiger partial charge in [-0.15, -0.1) is 0 Å². The van der Waals surface area contributed by atoms with Crippen molar-refractivity contribution in [3.63, 3.8) is 0 Å². The maximum atomic E-state index is 14.5. The number of halogens is 2. The van der Waals surface area contributed by atoms with Crippen molar-refractivity contribution in [1.82, 2.24) is 4.98 Å². The third-order valence-electron chi connectivity index (χ3n) is 3.81. The van der Waals surface area contributed by atoms with Gasteiger partial charge in [-0.1, -0.05) is 42.5 Å². The van der Waals surface area contributed by atoms with Crippen molar-refractivity contribution in [1.29, 1.82) is 0 Å². The zero-order valence-electron chi connectivity index (χ0n) is 13.6. The SMILES string of the molecule is C=CCOC(=O)c1c(C)nc2ccc(Cl)cc2c1-c1ccccc1F. The van der Waals surface area contributed by atoms with Crippen molar-refractivity contribution in [3.05, 3.63) is 77.2 Å². The number of carbonyl (C=O) groups is 1. The van der Waals surface area contributed by atoms with Gasteiger partial charge >= 0.3 is 5.97 Å². The van der Waals surface area contributed by atoms with Crippen LogP contribution in [0.4, 0.5) is 4.39 Å². The quantitative estimate of drug-likeness (QED) is 0.468. The van der Waals surface area contributed by atoms with Crippen LogP contribution in [0.15, 0.2) is 55.1 Å². The topological polar surface area (TPSA) is 39.2 Å². The van der Waals surface area contributed by atoms with E-state index in [9.17, 15) is 9.18 Å². The van der Waals surface area contributed by atoms with Gasteiger partial charge < -0.3 is 4.74 Å². The number of benzene rings is 2. The summed E-state index contributed by atoms with van der Waals surface area (Å²) in [6.45, 7) is 5.29. The van der Waals surface area contributed by atoms with Gasteiger partial charge in [0.2, 0.25) is 0 Å². The van der Waals surface area contributed by atoms with Gasteiger partial charge in [-0.05, 0) is 31.2 Å². The Bertz CT molecular complexity index is 985. The lowest BCUT2D eigenvalue weighted by atomic mass is 9.94. The van der Waals surface area contributed by atoms with E-state index in [1.165, 1.54) is 12.1 Å². The van der Waals surface area contributed by atoms with Crippen molar-refractivity contribution < 1.29 is 13.9 Å². The van der Waals surface area contributed by atoms with E-state index in [-0.39, 0.29) is 12.2 Å². The minimum atomic E-state index is -0.579. The molecule has 3 rings (SSSR count). The van der Waals surface area contributed by atoms with Gasteiger partial charge in [0.15, 0.2) is 0 Å². The van der Waals surface area contributed by atoms with Crippen LogP contribution in [-0.4, -0.2) is 17.6 Å². The molecule has 0 unspecified atom stereocenters. The molecule has 0 aliphatic rings. The number of aryl methyl sites for hydroxylation is 1. The number of esters is 1. The van der Waals surface area contributed by atoms with E-state index >= 15 is 0 Å². The Hall–Kier alpha value is -2.72. The summed E-state index contributed by atoms with van der Waals surface area (Å²) in [4.78, 5) is 17.0. The van der Waals surface area contributed by atoms with E-state index in [0.29, 0.717) is 32.7 Å². The zero-order chi connectivity index (χ0) is 18.0. The summed E-state index contributed by atoms with van der Waals surface area (Å²) in [7, 11) is 0. The van der Waals surface area contributed by atoms with E-state index in [4.69, 9.17) is 16.3 Å². The largest absolute Gasteiger partial charge is 0.458 e. The van der Waals surface area contributed by atoms with Crippen LogP contribution in [0.25, 0.3) is 22.0 Å². The summed E-state index contributed by atoms with van der Waals surface area (Å²) in [6, 6.07) is 11.4. The van der Waals surface area contributed by atoms with Crippen LogP contribution in [0.3, 0.4) is 0 Å². The fourth-order valence-corrected chi connectivity index (χ4v) is 2.93. The first-order valence-corrected chi connectivity index (χ1v) is 8.03. The molecule has 0 saturated heterocycles. The van der Waals surface area contributed by atoms with Gasteiger partial charge in [-0.2, -0.15) is 0 Å². The number of pyridine rings is 1. The van der Waals surface area contributed by atoms with Gasteiger partial charge in [0.25, 0.3) is 0 Å². The molecule has 0 N–H and O–H groups in total. The van der Waals surface area contributed by atoms with E-state index in [2.05, 4.69) is 11.6 Å². The van der Waals surface area contributed by atoms with E-state index in [0.717, 1.165) is 0 Å². The van der Waals surface area contributed by atoms with E-state index < -0.39 is 11.8 Å². The first kappa shape index (κ1) is 17.1. The van der Waals surface area contributed by atoms with Gasteiger partial charge in [-0.3, -0.25) is 4.98 Å². The summed E-state index contributed by atoms with van der Waals surface area (Å²) >= 11 is 6.12. The Kier molecular flexibility index (Phi) is 4.81. The highest BCUT2D eigenvalue weighted by Crippen LogP contribution is 2.36. The van der Waals surface area contributed by atoms with Gasteiger partial charge in [0.05, 0.1) is 16.8 Å². The Labute approximate surface area is 149 Å². The smallest absolute Gasteiger partial charge is 0.340 e. The normalized spacial score (nSPS) is 10.7. The van der Waals surface area contributed by atoms with E-state index in [1.807, 2.05) is 0 Å². The highest BCUT2D eigenvalue weighted by Gasteiger charge is 2.23. The van der Waals surface area contributed by atoms with Crippen LogP contribution in [0, 0.1) is 12.7 Å². The second-order valence-corrected chi connectivity index (χ2v) is 5.91. The molecule has 2 aromatic carbocycles. The Morgan fingerprint density at radius 3 is 2.80 bits per heavy atom. The molecule has 126 valence electrons. The fraction of sp³-hybridized carbons (Fsp3) is 0.100. The minimum absolute atomic E-state index is 0.0581. The molecular formula is C20H15ClFNO2. The number of fused-ring (bicyclic) bond motifs is 1.